The zero-order chi connectivity index (χ0) is 19.5. The van der Waals surface area contributed by atoms with E-state index in [1.54, 1.807) is 13.8 Å². The van der Waals surface area contributed by atoms with E-state index in [0.717, 1.165) is 6.42 Å². The topological polar surface area (TPSA) is 107 Å². The van der Waals surface area contributed by atoms with E-state index >= 15 is 4.39 Å². The summed E-state index contributed by atoms with van der Waals surface area (Å²) in [6.45, 7) is 7.75. The third-order valence-corrected chi connectivity index (χ3v) is 4.14. The molecule has 0 saturated carbocycles. The van der Waals surface area contributed by atoms with Gasteiger partial charge in [0, 0.05) is 35.7 Å². The van der Waals surface area contributed by atoms with Crippen LogP contribution < -0.4 is 11.5 Å². The van der Waals surface area contributed by atoms with Gasteiger partial charge in [-0.05, 0) is 32.8 Å². The monoisotopic (exact) mass is 362 g/mol. The van der Waals surface area contributed by atoms with Gasteiger partial charge in [-0.15, -0.1) is 0 Å². The molecule has 2 aromatic rings. The number of aromatic nitrogens is 2. The van der Waals surface area contributed by atoms with Gasteiger partial charge in [0.05, 0.1) is 17.5 Å². The van der Waals surface area contributed by atoms with E-state index in [2.05, 4.69) is 9.97 Å². The summed E-state index contributed by atoms with van der Waals surface area (Å²) in [6.07, 6.45) is 4.11. The van der Waals surface area contributed by atoms with Crippen molar-refractivity contribution < 1.29 is 14.2 Å². The lowest BCUT2D eigenvalue weighted by molar-refractivity contribution is 0.0687. The second-order valence-corrected chi connectivity index (χ2v) is 6.51. The number of hydrogen-bond acceptors (Lipinski definition) is 6. The van der Waals surface area contributed by atoms with E-state index in [0.29, 0.717) is 29.8 Å². The number of nitrogens with two attached hydrogens (primary N) is 2. The van der Waals surface area contributed by atoms with Crippen LogP contribution in [-0.2, 0) is 10.3 Å². The van der Waals surface area contributed by atoms with Crippen LogP contribution in [0.2, 0.25) is 0 Å². The second kappa shape index (κ2) is 7.97. The molecule has 26 heavy (non-hydrogen) atoms. The third kappa shape index (κ3) is 3.94. The smallest absolute Gasteiger partial charge is 0.159 e. The number of hydrogen-bond donors (Lipinski definition) is 3. The fraction of sp³-hybridized carbons (Fsp3) is 0.474. The van der Waals surface area contributed by atoms with Gasteiger partial charge < -0.3 is 21.3 Å². The summed E-state index contributed by atoms with van der Waals surface area (Å²) in [4.78, 5) is 8.23. The number of aliphatic hydroxyl groups is 1. The molecule has 1 unspecified atom stereocenters. The Morgan fingerprint density at radius 3 is 2.35 bits per heavy atom. The van der Waals surface area contributed by atoms with Crippen molar-refractivity contribution in [2.24, 2.45) is 0 Å². The van der Waals surface area contributed by atoms with Crippen molar-refractivity contribution in [3.8, 4) is 11.1 Å². The van der Waals surface area contributed by atoms with Crippen LogP contribution in [0.25, 0.3) is 11.1 Å². The van der Waals surface area contributed by atoms with Crippen LogP contribution in [0.15, 0.2) is 18.5 Å². The molecule has 1 aliphatic rings. The van der Waals surface area contributed by atoms with Crippen molar-refractivity contribution in [1.29, 1.82) is 0 Å². The maximum Gasteiger partial charge on any atom is 0.159 e. The molecule has 1 aromatic heterocycles. The van der Waals surface area contributed by atoms with Gasteiger partial charge in [0.1, 0.15) is 11.4 Å². The average molecular weight is 362 g/mol. The van der Waals surface area contributed by atoms with E-state index in [-0.39, 0.29) is 23.2 Å². The Morgan fingerprint density at radius 1 is 1.23 bits per heavy atom. The second-order valence-electron chi connectivity index (χ2n) is 6.51. The molecule has 1 saturated heterocycles. The Balaban J connectivity index is 0.00000117. The van der Waals surface area contributed by atoms with Crippen molar-refractivity contribution >= 4 is 11.4 Å². The summed E-state index contributed by atoms with van der Waals surface area (Å²) in [6, 6.07) is 1.48. The highest BCUT2D eigenvalue weighted by molar-refractivity contribution is 5.78. The molecule has 3 rings (SSSR count). The molecule has 2 heterocycles. The fourth-order valence-electron chi connectivity index (χ4n) is 2.83. The summed E-state index contributed by atoms with van der Waals surface area (Å²) >= 11 is 0. The first-order valence-electron chi connectivity index (χ1n) is 8.83. The lowest BCUT2D eigenvalue weighted by atomic mass is 9.96. The van der Waals surface area contributed by atoms with Crippen molar-refractivity contribution in [3.63, 3.8) is 0 Å². The lowest BCUT2D eigenvalue weighted by Crippen LogP contribution is -2.19. The predicted molar refractivity (Wildman–Crippen MR) is 101 cm³/mol. The van der Waals surface area contributed by atoms with Crippen LogP contribution in [0, 0.1) is 5.82 Å². The molecule has 1 atom stereocenters. The van der Waals surface area contributed by atoms with Gasteiger partial charge in [0.15, 0.2) is 5.82 Å². The molecule has 1 aliphatic heterocycles. The number of anilines is 2. The number of rotatable bonds is 3. The lowest BCUT2D eigenvalue weighted by Gasteiger charge is -2.19. The molecule has 0 aliphatic carbocycles. The Hall–Kier alpha value is -2.25. The van der Waals surface area contributed by atoms with Gasteiger partial charge in [0.25, 0.3) is 0 Å². The Morgan fingerprint density at radius 2 is 1.85 bits per heavy atom. The molecule has 1 fully saturated rings. The number of halogens is 1. The number of ether oxygens (including phenoxy) is 1. The van der Waals surface area contributed by atoms with E-state index in [9.17, 15) is 5.11 Å². The van der Waals surface area contributed by atoms with Gasteiger partial charge in [-0.2, -0.15) is 0 Å². The molecule has 0 amide bonds. The largest absolute Gasteiger partial charge is 0.397 e. The number of nitrogens with zero attached hydrogens (tertiary/aromatic N) is 2. The van der Waals surface area contributed by atoms with Crippen molar-refractivity contribution in [2.45, 2.75) is 52.2 Å². The Labute approximate surface area is 153 Å². The summed E-state index contributed by atoms with van der Waals surface area (Å²) in [5.41, 5.74) is 12.3. The average Bonchev–Trinajstić information content (AvgIpc) is 3.14. The van der Waals surface area contributed by atoms with Gasteiger partial charge >= 0.3 is 0 Å². The summed E-state index contributed by atoms with van der Waals surface area (Å²) in [5, 5.41) is 9.92. The zero-order valence-corrected chi connectivity index (χ0v) is 15.7. The quantitative estimate of drug-likeness (QED) is 0.721. The zero-order valence-electron chi connectivity index (χ0n) is 15.7. The Kier molecular flexibility index (Phi) is 6.15. The molecule has 0 spiro atoms. The fourth-order valence-corrected chi connectivity index (χ4v) is 2.83. The van der Waals surface area contributed by atoms with Crippen molar-refractivity contribution in [3.05, 3.63) is 35.7 Å². The third-order valence-electron chi connectivity index (χ3n) is 4.14. The van der Waals surface area contributed by atoms with Crippen molar-refractivity contribution in [1.82, 2.24) is 9.97 Å². The minimum Gasteiger partial charge on any atom is -0.397 e. The van der Waals surface area contributed by atoms with Crippen LogP contribution in [0.3, 0.4) is 0 Å². The molecule has 5 N–H and O–H groups in total. The normalized spacial score (nSPS) is 16.9. The van der Waals surface area contributed by atoms with E-state index in [4.69, 9.17) is 16.2 Å². The maximum absolute atomic E-state index is 15.1. The number of nitrogen functional groups attached to an aromatic ring is 2. The molecule has 1 aromatic carbocycles. The van der Waals surface area contributed by atoms with Gasteiger partial charge in [-0.25, -0.2) is 14.4 Å². The SMILES string of the molecule is CC.CC(C)(O)c1ncc(-c2cc(N)c(N)c(C3CCCO3)c2F)cn1. The summed E-state index contributed by atoms with van der Waals surface area (Å²) in [7, 11) is 0. The first kappa shape index (κ1) is 20.1. The summed E-state index contributed by atoms with van der Waals surface area (Å²) in [5.74, 6) is -0.206. The highest BCUT2D eigenvalue weighted by Crippen LogP contribution is 2.40. The van der Waals surface area contributed by atoms with E-state index in [1.165, 1.54) is 18.5 Å². The van der Waals surface area contributed by atoms with Crippen LogP contribution >= 0.6 is 0 Å². The molecule has 0 radical (unpaired) electrons. The van der Waals surface area contributed by atoms with E-state index < -0.39 is 11.4 Å². The van der Waals surface area contributed by atoms with Gasteiger partial charge in [-0.1, -0.05) is 13.8 Å². The molecule has 0 bridgehead atoms. The first-order chi connectivity index (χ1) is 12.3. The predicted octanol–water partition coefficient (Wildman–Crippen LogP) is 3.55. The molecule has 142 valence electrons. The molecule has 6 nitrogen and oxygen atoms in total. The summed E-state index contributed by atoms with van der Waals surface area (Å²) < 4.78 is 20.6. The van der Waals surface area contributed by atoms with Crippen LogP contribution in [-0.4, -0.2) is 21.7 Å². The molecular weight excluding hydrogens is 335 g/mol. The standard InChI is InChI=1S/C17H21FN4O2.C2H6/c1-17(2,23)16-21-7-9(8-22-16)10-6-11(19)15(20)13(14(10)18)12-4-3-5-24-12;1-2/h6-8,12,23H,3-5,19-20H2,1-2H3;1-2H3. The minimum atomic E-state index is -1.17. The highest BCUT2D eigenvalue weighted by Gasteiger charge is 2.27. The Bertz CT molecular complexity index is 752. The first-order valence-corrected chi connectivity index (χ1v) is 8.83. The van der Waals surface area contributed by atoms with Crippen LogP contribution in [0.1, 0.15) is 58.0 Å². The van der Waals surface area contributed by atoms with E-state index in [1.807, 2.05) is 13.8 Å². The van der Waals surface area contributed by atoms with Gasteiger partial charge in [0.2, 0.25) is 0 Å². The van der Waals surface area contributed by atoms with Crippen LogP contribution in [0.4, 0.5) is 15.8 Å². The minimum absolute atomic E-state index is 0.220. The van der Waals surface area contributed by atoms with Gasteiger partial charge in [-0.3, -0.25) is 0 Å². The molecule has 7 heteroatoms. The van der Waals surface area contributed by atoms with Crippen LogP contribution in [0.5, 0.6) is 0 Å². The highest BCUT2D eigenvalue weighted by atomic mass is 19.1. The van der Waals surface area contributed by atoms with Crippen molar-refractivity contribution in [2.75, 3.05) is 18.1 Å². The number of benzene rings is 1. The molecular formula is C19H27FN4O2. The maximum atomic E-state index is 15.1.